The monoisotopic (exact) mass is 301 g/mol. The Bertz CT molecular complexity index is 350. The van der Waals surface area contributed by atoms with E-state index in [9.17, 15) is 4.39 Å². The van der Waals surface area contributed by atoms with Gasteiger partial charge in [-0.05, 0) is 25.0 Å². The van der Waals surface area contributed by atoms with Gasteiger partial charge in [-0.3, -0.25) is 0 Å². The smallest absolute Gasteiger partial charge is 0.128 e. The number of benzene rings is 1. The minimum Gasteiger partial charge on any atom is -0.310 e. The van der Waals surface area contributed by atoms with Gasteiger partial charge in [-0.1, -0.05) is 48.7 Å². The molecule has 0 aliphatic heterocycles. The number of halogens is 2. The molecule has 0 bridgehead atoms. The quantitative estimate of drug-likeness (QED) is 0.815. The molecule has 1 nitrogen and oxygen atoms in total. The van der Waals surface area contributed by atoms with Crippen LogP contribution < -0.4 is 5.32 Å². The van der Waals surface area contributed by atoms with Crippen molar-refractivity contribution in [1.82, 2.24) is 5.32 Å². The molecule has 1 rings (SSSR count). The maximum absolute atomic E-state index is 13.6. The highest BCUT2D eigenvalue weighted by Gasteiger charge is 2.13. The highest BCUT2D eigenvalue weighted by Crippen LogP contribution is 2.17. The molecule has 3 heteroatoms. The Labute approximate surface area is 112 Å². The summed E-state index contributed by atoms with van der Waals surface area (Å²) in [6, 6.07) is 5.64. The van der Waals surface area contributed by atoms with Crippen LogP contribution in [0.4, 0.5) is 4.39 Å². The topological polar surface area (TPSA) is 12.0 Å². The molecule has 0 radical (unpaired) electrons. The van der Waals surface area contributed by atoms with E-state index in [-0.39, 0.29) is 5.82 Å². The van der Waals surface area contributed by atoms with E-state index in [2.05, 4.69) is 42.0 Å². The van der Waals surface area contributed by atoms with E-state index in [1.54, 1.807) is 0 Å². The van der Waals surface area contributed by atoms with Crippen molar-refractivity contribution in [2.24, 2.45) is 5.92 Å². The molecule has 0 heterocycles. The van der Waals surface area contributed by atoms with E-state index in [1.807, 2.05) is 12.1 Å². The molecule has 0 spiro atoms. The van der Waals surface area contributed by atoms with Gasteiger partial charge >= 0.3 is 0 Å². The predicted molar refractivity (Wildman–Crippen MR) is 74.5 cm³/mol. The lowest BCUT2D eigenvalue weighted by Gasteiger charge is -2.22. The first-order valence-electron chi connectivity index (χ1n) is 6.25. The van der Waals surface area contributed by atoms with Gasteiger partial charge in [-0.25, -0.2) is 4.39 Å². The summed E-state index contributed by atoms with van der Waals surface area (Å²) in [5.41, 5.74) is 0.728. The van der Waals surface area contributed by atoms with E-state index in [0.29, 0.717) is 18.5 Å². The molecule has 0 aliphatic rings. The van der Waals surface area contributed by atoms with Gasteiger partial charge in [-0.2, -0.15) is 0 Å². The lowest BCUT2D eigenvalue weighted by Crippen LogP contribution is -2.32. The third-order valence-corrected chi connectivity index (χ3v) is 3.88. The third kappa shape index (κ3) is 4.40. The van der Waals surface area contributed by atoms with Crippen molar-refractivity contribution in [2.75, 3.05) is 0 Å². The molecular formula is C14H21BrFN. The first-order valence-corrected chi connectivity index (χ1v) is 7.05. The summed E-state index contributed by atoms with van der Waals surface area (Å²) in [5, 5.41) is 3.41. The Balaban J connectivity index is 2.55. The van der Waals surface area contributed by atoms with E-state index >= 15 is 0 Å². The van der Waals surface area contributed by atoms with Crippen LogP contribution in [-0.4, -0.2) is 6.04 Å². The Morgan fingerprint density at radius 1 is 1.29 bits per heavy atom. The van der Waals surface area contributed by atoms with Crippen LogP contribution in [-0.2, 0) is 6.54 Å². The largest absolute Gasteiger partial charge is 0.310 e. The summed E-state index contributed by atoms with van der Waals surface area (Å²) < 4.78 is 14.4. The molecule has 0 saturated heterocycles. The summed E-state index contributed by atoms with van der Waals surface area (Å²) in [7, 11) is 0. The number of hydrogen-bond donors (Lipinski definition) is 1. The molecule has 1 N–H and O–H groups in total. The highest BCUT2D eigenvalue weighted by molar-refractivity contribution is 9.10. The maximum Gasteiger partial charge on any atom is 0.128 e. The van der Waals surface area contributed by atoms with Crippen molar-refractivity contribution in [3.8, 4) is 0 Å². The third-order valence-electron chi connectivity index (χ3n) is 3.39. The fraction of sp³-hybridized carbons (Fsp3) is 0.571. The molecular weight excluding hydrogens is 281 g/mol. The minimum atomic E-state index is -0.149. The van der Waals surface area contributed by atoms with Crippen LogP contribution in [0.2, 0.25) is 0 Å². The zero-order chi connectivity index (χ0) is 12.8. The first kappa shape index (κ1) is 14.7. The standard InChI is InChI=1S/C14H21BrFN/c1-4-11(5-2)10(3)17-9-12-6-7-13(15)8-14(12)16/h6-8,10-11,17H,4-5,9H2,1-3H3. The zero-order valence-electron chi connectivity index (χ0n) is 10.8. The van der Waals surface area contributed by atoms with E-state index in [4.69, 9.17) is 0 Å². The van der Waals surface area contributed by atoms with Crippen molar-refractivity contribution < 1.29 is 4.39 Å². The van der Waals surface area contributed by atoms with Crippen LogP contribution in [0.3, 0.4) is 0 Å². The fourth-order valence-corrected chi connectivity index (χ4v) is 2.43. The Hall–Kier alpha value is -0.410. The van der Waals surface area contributed by atoms with Gasteiger partial charge in [0.15, 0.2) is 0 Å². The molecule has 0 aromatic heterocycles. The van der Waals surface area contributed by atoms with Gasteiger partial charge < -0.3 is 5.32 Å². The number of nitrogens with one attached hydrogen (secondary N) is 1. The Morgan fingerprint density at radius 2 is 1.94 bits per heavy atom. The second-order valence-electron chi connectivity index (χ2n) is 4.48. The first-order chi connectivity index (χ1) is 8.08. The van der Waals surface area contributed by atoms with E-state index < -0.39 is 0 Å². The maximum atomic E-state index is 13.6. The molecule has 1 unspecified atom stereocenters. The van der Waals surface area contributed by atoms with E-state index in [0.717, 1.165) is 22.9 Å². The van der Waals surface area contributed by atoms with Gasteiger partial charge in [0.1, 0.15) is 5.82 Å². The van der Waals surface area contributed by atoms with Gasteiger partial charge in [-0.15, -0.1) is 0 Å². The lowest BCUT2D eigenvalue weighted by molar-refractivity contribution is 0.351. The van der Waals surface area contributed by atoms with Crippen LogP contribution in [0.1, 0.15) is 39.2 Å². The average molecular weight is 302 g/mol. The molecule has 17 heavy (non-hydrogen) atoms. The summed E-state index contributed by atoms with van der Waals surface area (Å²) in [6.45, 7) is 7.17. The second kappa shape index (κ2) is 7.12. The van der Waals surface area contributed by atoms with Gasteiger partial charge in [0.05, 0.1) is 0 Å². The summed E-state index contributed by atoms with van der Waals surface area (Å²) in [6.07, 6.45) is 2.32. The summed E-state index contributed by atoms with van der Waals surface area (Å²) in [4.78, 5) is 0. The second-order valence-corrected chi connectivity index (χ2v) is 5.40. The van der Waals surface area contributed by atoms with Crippen molar-refractivity contribution in [1.29, 1.82) is 0 Å². The molecule has 0 fully saturated rings. The van der Waals surface area contributed by atoms with Crippen molar-refractivity contribution in [3.05, 3.63) is 34.1 Å². The fourth-order valence-electron chi connectivity index (χ4n) is 2.10. The average Bonchev–Trinajstić information content (AvgIpc) is 2.29. The van der Waals surface area contributed by atoms with Gasteiger partial charge in [0, 0.05) is 22.6 Å². The normalized spacial score (nSPS) is 13.1. The summed E-state index contributed by atoms with van der Waals surface area (Å²) in [5.74, 6) is 0.511. The minimum absolute atomic E-state index is 0.149. The van der Waals surface area contributed by atoms with Crippen LogP contribution in [0.5, 0.6) is 0 Å². The lowest BCUT2D eigenvalue weighted by atomic mass is 9.95. The molecule has 1 aromatic carbocycles. The van der Waals surface area contributed by atoms with Crippen LogP contribution in [0.15, 0.2) is 22.7 Å². The van der Waals surface area contributed by atoms with Crippen molar-refractivity contribution in [2.45, 2.75) is 46.2 Å². The molecule has 1 atom stereocenters. The highest BCUT2D eigenvalue weighted by atomic mass is 79.9. The molecule has 0 saturated carbocycles. The summed E-state index contributed by atoms with van der Waals surface area (Å²) >= 11 is 3.26. The zero-order valence-corrected chi connectivity index (χ0v) is 12.3. The van der Waals surface area contributed by atoms with E-state index in [1.165, 1.54) is 6.07 Å². The van der Waals surface area contributed by atoms with Crippen molar-refractivity contribution in [3.63, 3.8) is 0 Å². The predicted octanol–water partition coefficient (Wildman–Crippen LogP) is 4.50. The van der Waals surface area contributed by atoms with Crippen LogP contribution in [0, 0.1) is 11.7 Å². The number of hydrogen-bond acceptors (Lipinski definition) is 1. The van der Waals surface area contributed by atoms with Gasteiger partial charge in [0.25, 0.3) is 0 Å². The molecule has 0 amide bonds. The van der Waals surface area contributed by atoms with Crippen molar-refractivity contribution >= 4 is 15.9 Å². The SMILES string of the molecule is CCC(CC)C(C)NCc1ccc(Br)cc1F. The Morgan fingerprint density at radius 3 is 2.47 bits per heavy atom. The number of rotatable bonds is 6. The van der Waals surface area contributed by atoms with Gasteiger partial charge in [0.2, 0.25) is 0 Å². The molecule has 0 aliphatic carbocycles. The molecule has 96 valence electrons. The Kier molecular flexibility index (Phi) is 6.14. The molecule has 1 aromatic rings. The van der Waals surface area contributed by atoms with Crippen LogP contribution >= 0.6 is 15.9 Å². The van der Waals surface area contributed by atoms with Crippen LogP contribution in [0.25, 0.3) is 0 Å².